The fourth-order valence-electron chi connectivity index (χ4n) is 3.25. The number of piperidine rings is 1. The van der Waals surface area contributed by atoms with Crippen molar-refractivity contribution >= 4 is 18.5 Å². The number of nitrogens with two attached hydrogens (primary N) is 1. The maximum absolute atomic E-state index is 14.4. The first kappa shape index (κ1) is 23.2. The molecule has 162 valence electrons. The highest BCUT2D eigenvalue weighted by atomic mass is 19.3. The number of aliphatic imine (C=N–C) groups is 1. The molecule has 0 bridgehead atoms. The van der Waals surface area contributed by atoms with Gasteiger partial charge in [0.25, 0.3) is 5.92 Å². The van der Waals surface area contributed by atoms with Crippen LogP contribution in [0.25, 0.3) is 0 Å². The third kappa shape index (κ3) is 5.28. The SMILES string of the molecule is C=N/C(N)=C(C)\C=C(/C)NC(=O)C(=O)N1C[C@@H](C)C(F)(F)C[C@@H]1c1ccc(F)cc1. The lowest BCUT2D eigenvalue weighted by Gasteiger charge is -2.42. The van der Waals surface area contributed by atoms with Crippen molar-refractivity contribution in [1.29, 1.82) is 0 Å². The first-order valence-electron chi connectivity index (χ1n) is 9.33. The summed E-state index contributed by atoms with van der Waals surface area (Å²) in [5.41, 5.74) is 6.82. The molecular weight excluding hydrogens is 397 g/mol. The smallest absolute Gasteiger partial charge is 0.313 e. The number of benzene rings is 1. The second-order valence-corrected chi connectivity index (χ2v) is 7.40. The molecule has 1 aliphatic heterocycles. The van der Waals surface area contributed by atoms with E-state index in [1.54, 1.807) is 13.8 Å². The van der Waals surface area contributed by atoms with Crippen molar-refractivity contribution in [3.05, 3.63) is 58.8 Å². The number of amides is 2. The molecular formula is C21H25F3N4O2. The number of likely N-dealkylation sites (tertiary alicyclic amines) is 1. The van der Waals surface area contributed by atoms with E-state index >= 15 is 0 Å². The first-order valence-corrected chi connectivity index (χ1v) is 9.33. The fourth-order valence-corrected chi connectivity index (χ4v) is 3.25. The fraction of sp³-hybridized carbons (Fsp3) is 0.381. The van der Waals surface area contributed by atoms with Crippen LogP contribution in [-0.2, 0) is 9.59 Å². The van der Waals surface area contributed by atoms with Crippen molar-refractivity contribution in [2.75, 3.05) is 6.54 Å². The zero-order valence-corrected chi connectivity index (χ0v) is 17.1. The van der Waals surface area contributed by atoms with E-state index in [0.717, 1.165) is 17.0 Å². The molecule has 0 aromatic heterocycles. The van der Waals surface area contributed by atoms with Gasteiger partial charge in [0.05, 0.1) is 6.04 Å². The Balaban J connectivity index is 2.27. The van der Waals surface area contributed by atoms with E-state index in [0.29, 0.717) is 16.8 Å². The molecule has 0 radical (unpaired) electrons. The maximum atomic E-state index is 14.4. The molecule has 2 rings (SSSR count). The molecule has 9 heteroatoms. The van der Waals surface area contributed by atoms with Crippen molar-refractivity contribution in [2.45, 2.75) is 39.2 Å². The highest BCUT2D eigenvalue weighted by molar-refractivity contribution is 6.35. The highest BCUT2D eigenvalue weighted by Crippen LogP contribution is 2.43. The van der Waals surface area contributed by atoms with E-state index in [2.05, 4.69) is 17.0 Å². The summed E-state index contributed by atoms with van der Waals surface area (Å²) in [6.45, 7) is 7.52. The summed E-state index contributed by atoms with van der Waals surface area (Å²) in [4.78, 5) is 30.0. The Bertz CT molecular complexity index is 894. The quantitative estimate of drug-likeness (QED) is 0.443. The molecule has 1 saturated heterocycles. The number of halogens is 3. The Morgan fingerprint density at radius 3 is 2.47 bits per heavy atom. The Kier molecular flexibility index (Phi) is 7.07. The summed E-state index contributed by atoms with van der Waals surface area (Å²) >= 11 is 0. The summed E-state index contributed by atoms with van der Waals surface area (Å²) < 4.78 is 42.0. The summed E-state index contributed by atoms with van der Waals surface area (Å²) in [7, 11) is 0. The van der Waals surface area contributed by atoms with Crippen LogP contribution in [0.5, 0.6) is 0 Å². The molecule has 30 heavy (non-hydrogen) atoms. The zero-order valence-electron chi connectivity index (χ0n) is 17.1. The molecule has 0 saturated carbocycles. The molecule has 3 N–H and O–H groups in total. The van der Waals surface area contributed by atoms with Gasteiger partial charge in [-0.1, -0.05) is 19.1 Å². The topological polar surface area (TPSA) is 87.8 Å². The minimum Gasteiger partial charge on any atom is -0.384 e. The van der Waals surface area contributed by atoms with E-state index < -0.39 is 41.9 Å². The molecule has 2 atom stereocenters. The Morgan fingerprint density at radius 2 is 1.90 bits per heavy atom. The molecule has 1 fully saturated rings. The van der Waals surface area contributed by atoms with Gasteiger partial charge in [0, 0.05) is 24.6 Å². The molecule has 1 aliphatic rings. The average Bonchev–Trinajstić information content (AvgIpc) is 2.68. The average molecular weight is 422 g/mol. The molecule has 0 unspecified atom stereocenters. The van der Waals surface area contributed by atoms with Gasteiger partial charge in [0.1, 0.15) is 11.6 Å². The van der Waals surface area contributed by atoms with Crippen molar-refractivity contribution in [2.24, 2.45) is 16.6 Å². The molecule has 1 heterocycles. The van der Waals surface area contributed by atoms with Crippen LogP contribution < -0.4 is 11.1 Å². The third-order valence-corrected chi connectivity index (χ3v) is 5.06. The molecule has 0 spiro atoms. The molecule has 6 nitrogen and oxygen atoms in total. The van der Waals surface area contributed by atoms with Gasteiger partial charge in [-0.15, -0.1) is 0 Å². The lowest BCUT2D eigenvalue weighted by atomic mass is 9.86. The second-order valence-electron chi connectivity index (χ2n) is 7.40. The number of alkyl halides is 2. The number of allylic oxidation sites excluding steroid dienone is 3. The number of hydrogen-bond acceptors (Lipinski definition) is 4. The minimum atomic E-state index is -3.03. The van der Waals surface area contributed by atoms with Gasteiger partial charge >= 0.3 is 11.8 Å². The van der Waals surface area contributed by atoms with Crippen LogP contribution >= 0.6 is 0 Å². The van der Waals surface area contributed by atoms with Crippen molar-refractivity contribution < 1.29 is 22.8 Å². The Hall–Kier alpha value is -3.10. The van der Waals surface area contributed by atoms with Gasteiger partial charge in [0.15, 0.2) is 0 Å². The summed E-state index contributed by atoms with van der Waals surface area (Å²) in [6, 6.07) is 3.90. The van der Waals surface area contributed by atoms with E-state index in [1.165, 1.54) is 25.1 Å². The lowest BCUT2D eigenvalue weighted by Crippen LogP contribution is -2.53. The van der Waals surface area contributed by atoms with Gasteiger partial charge in [0.2, 0.25) is 0 Å². The van der Waals surface area contributed by atoms with Crippen LogP contribution in [0.1, 0.15) is 38.8 Å². The molecule has 1 aromatic carbocycles. The normalized spacial score (nSPS) is 22.2. The molecule has 0 aliphatic carbocycles. The first-order chi connectivity index (χ1) is 14.0. The molecule has 2 amide bonds. The standard InChI is InChI=1S/C21H25F3N4O2/c1-12(18(25)26-4)9-14(3)27-19(29)20(30)28-11-13(2)21(23,24)10-17(28)15-5-7-16(22)8-6-15/h5-9,13,17H,4,10-11,25H2,1-3H3,(H,27,29)/b14-9+,18-12-/t13-,17-/m1/s1. The van der Waals surface area contributed by atoms with E-state index in [-0.39, 0.29) is 12.4 Å². The van der Waals surface area contributed by atoms with Crippen molar-refractivity contribution in [1.82, 2.24) is 10.2 Å². The van der Waals surface area contributed by atoms with Crippen LogP contribution in [0.4, 0.5) is 13.2 Å². The Morgan fingerprint density at radius 1 is 1.30 bits per heavy atom. The maximum Gasteiger partial charge on any atom is 0.313 e. The number of nitrogens with zero attached hydrogens (tertiary/aromatic N) is 2. The van der Waals surface area contributed by atoms with Gasteiger partial charge in [-0.2, -0.15) is 0 Å². The number of carbonyl (C=O) groups excluding carboxylic acids is 2. The number of carbonyl (C=O) groups is 2. The largest absolute Gasteiger partial charge is 0.384 e. The lowest BCUT2D eigenvalue weighted by molar-refractivity contribution is -0.160. The highest BCUT2D eigenvalue weighted by Gasteiger charge is 2.48. The van der Waals surface area contributed by atoms with Gasteiger partial charge in [-0.3, -0.25) is 9.59 Å². The number of nitrogens with one attached hydrogen (secondary N) is 1. The second kappa shape index (κ2) is 9.15. The van der Waals surface area contributed by atoms with Gasteiger partial charge < -0.3 is 16.0 Å². The van der Waals surface area contributed by atoms with Crippen molar-refractivity contribution in [3.8, 4) is 0 Å². The predicted molar refractivity (Wildman–Crippen MR) is 108 cm³/mol. The van der Waals surface area contributed by atoms with E-state index in [4.69, 9.17) is 5.73 Å². The Labute approximate surface area is 173 Å². The van der Waals surface area contributed by atoms with E-state index in [1.807, 2.05) is 0 Å². The van der Waals surface area contributed by atoms with Crippen LogP contribution in [0, 0.1) is 11.7 Å². The van der Waals surface area contributed by atoms with Gasteiger partial charge in [-0.05, 0) is 49.9 Å². The van der Waals surface area contributed by atoms with Crippen LogP contribution in [0.3, 0.4) is 0 Å². The predicted octanol–water partition coefficient (Wildman–Crippen LogP) is 3.28. The van der Waals surface area contributed by atoms with Crippen LogP contribution in [0.2, 0.25) is 0 Å². The third-order valence-electron chi connectivity index (χ3n) is 5.06. The summed E-state index contributed by atoms with van der Waals surface area (Å²) in [5, 5.41) is 2.44. The monoisotopic (exact) mass is 422 g/mol. The minimum absolute atomic E-state index is 0.165. The van der Waals surface area contributed by atoms with Crippen LogP contribution in [-0.4, -0.2) is 35.9 Å². The molecule has 1 aromatic rings. The number of hydrogen-bond donors (Lipinski definition) is 2. The summed E-state index contributed by atoms with van der Waals surface area (Å²) in [5.74, 6) is -6.44. The summed E-state index contributed by atoms with van der Waals surface area (Å²) in [6.07, 6.45) is 0.858. The number of rotatable bonds is 4. The van der Waals surface area contributed by atoms with Crippen molar-refractivity contribution in [3.63, 3.8) is 0 Å². The van der Waals surface area contributed by atoms with E-state index in [9.17, 15) is 22.8 Å². The van der Waals surface area contributed by atoms with Gasteiger partial charge in [-0.25, -0.2) is 18.2 Å². The van der Waals surface area contributed by atoms with Crippen LogP contribution in [0.15, 0.2) is 52.4 Å². The zero-order chi connectivity index (χ0) is 22.6.